The van der Waals surface area contributed by atoms with Crippen molar-refractivity contribution < 1.29 is 27.9 Å². The highest BCUT2D eigenvalue weighted by molar-refractivity contribution is 5.91. The average molecular weight is 274 g/mol. The zero-order valence-corrected chi connectivity index (χ0v) is 9.79. The second kappa shape index (κ2) is 6.21. The number of carbonyl (C=O) groups is 2. The molecular formula is C12H11F3NO3-. The molecule has 0 aliphatic carbocycles. The molecule has 1 amide bonds. The number of rotatable bonds is 5. The van der Waals surface area contributed by atoms with Crippen molar-refractivity contribution in [2.75, 3.05) is 5.32 Å². The van der Waals surface area contributed by atoms with Crippen molar-refractivity contribution in [2.45, 2.75) is 25.4 Å². The monoisotopic (exact) mass is 274 g/mol. The van der Waals surface area contributed by atoms with Crippen LogP contribution in [0.5, 0.6) is 0 Å². The van der Waals surface area contributed by atoms with Crippen LogP contribution in [-0.2, 0) is 15.8 Å². The second-order valence-corrected chi connectivity index (χ2v) is 3.82. The first-order valence-corrected chi connectivity index (χ1v) is 5.46. The van der Waals surface area contributed by atoms with Gasteiger partial charge in [-0.05, 0) is 25.0 Å². The number of nitrogens with one attached hydrogen (secondary N) is 1. The summed E-state index contributed by atoms with van der Waals surface area (Å²) >= 11 is 0. The molecule has 1 N–H and O–H groups in total. The molecule has 0 radical (unpaired) electrons. The summed E-state index contributed by atoms with van der Waals surface area (Å²) in [5.41, 5.74) is -1.28. The number of anilines is 1. The van der Waals surface area contributed by atoms with Crippen molar-refractivity contribution in [1.82, 2.24) is 0 Å². The van der Waals surface area contributed by atoms with Gasteiger partial charge in [0, 0.05) is 12.4 Å². The second-order valence-electron chi connectivity index (χ2n) is 3.82. The van der Waals surface area contributed by atoms with Gasteiger partial charge in [0.05, 0.1) is 11.3 Å². The Morgan fingerprint density at radius 2 is 1.79 bits per heavy atom. The topological polar surface area (TPSA) is 69.2 Å². The van der Waals surface area contributed by atoms with Crippen molar-refractivity contribution in [3.63, 3.8) is 0 Å². The Kier molecular flexibility index (Phi) is 4.91. The molecule has 19 heavy (non-hydrogen) atoms. The van der Waals surface area contributed by atoms with Gasteiger partial charge in [0.15, 0.2) is 0 Å². The van der Waals surface area contributed by atoms with Gasteiger partial charge in [0.25, 0.3) is 0 Å². The number of carboxylic acids is 1. The first-order chi connectivity index (χ1) is 8.80. The highest BCUT2D eigenvalue weighted by Crippen LogP contribution is 2.34. The van der Waals surface area contributed by atoms with Gasteiger partial charge in [-0.1, -0.05) is 12.1 Å². The molecule has 0 aliphatic rings. The minimum atomic E-state index is -4.56. The van der Waals surface area contributed by atoms with Gasteiger partial charge in [-0.25, -0.2) is 0 Å². The number of amides is 1. The number of alkyl halides is 3. The van der Waals surface area contributed by atoms with Gasteiger partial charge in [-0.2, -0.15) is 13.2 Å². The van der Waals surface area contributed by atoms with Crippen LogP contribution in [0.1, 0.15) is 24.8 Å². The molecule has 0 heterocycles. The summed E-state index contributed by atoms with van der Waals surface area (Å²) in [6.07, 6.45) is -5.04. The molecule has 0 atom stereocenters. The van der Waals surface area contributed by atoms with Crippen LogP contribution in [0.25, 0.3) is 0 Å². The maximum atomic E-state index is 12.6. The zero-order chi connectivity index (χ0) is 14.5. The third kappa shape index (κ3) is 4.99. The standard InChI is InChI=1S/C12H12F3NO3/c13-12(14,15)8-4-1-2-5-9(8)16-10(17)6-3-7-11(18)19/h1-2,4-5H,3,6-7H2,(H,16,17)(H,18,19)/p-1. The minimum Gasteiger partial charge on any atom is -0.550 e. The number of aliphatic carboxylic acids is 1. The molecule has 0 aromatic heterocycles. The van der Waals surface area contributed by atoms with E-state index in [9.17, 15) is 27.9 Å². The Bertz CT molecular complexity index is 472. The summed E-state index contributed by atoms with van der Waals surface area (Å²) in [5, 5.41) is 12.3. The van der Waals surface area contributed by atoms with E-state index >= 15 is 0 Å². The van der Waals surface area contributed by atoms with Crippen molar-refractivity contribution in [2.24, 2.45) is 0 Å². The molecule has 0 fully saturated rings. The third-order valence-electron chi connectivity index (χ3n) is 2.29. The molecule has 4 nitrogen and oxygen atoms in total. The smallest absolute Gasteiger partial charge is 0.418 e. The Morgan fingerprint density at radius 3 is 2.37 bits per heavy atom. The molecule has 0 saturated carbocycles. The van der Waals surface area contributed by atoms with Gasteiger partial charge in [-0.3, -0.25) is 4.79 Å². The quantitative estimate of drug-likeness (QED) is 0.886. The number of carboxylic acid groups (broad SMARTS) is 1. The number of halogens is 3. The lowest BCUT2D eigenvalue weighted by atomic mass is 10.1. The number of carbonyl (C=O) groups excluding carboxylic acids is 2. The first kappa shape index (κ1) is 15.0. The molecule has 0 aliphatic heterocycles. The molecule has 0 saturated heterocycles. The molecule has 0 bridgehead atoms. The van der Waals surface area contributed by atoms with Crippen LogP contribution in [0.15, 0.2) is 24.3 Å². The number of hydrogen-bond acceptors (Lipinski definition) is 3. The van der Waals surface area contributed by atoms with E-state index in [0.717, 1.165) is 12.1 Å². The molecule has 7 heteroatoms. The van der Waals surface area contributed by atoms with Crippen molar-refractivity contribution in [1.29, 1.82) is 0 Å². The SMILES string of the molecule is O=C([O-])CCCC(=O)Nc1ccccc1C(F)(F)F. The van der Waals surface area contributed by atoms with Crippen LogP contribution in [0, 0.1) is 0 Å². The summed E-state index contributed by atoms with van der Waals surface area (Å²) in [4.78, 5) is 21.5. The van der Waals surface area contributed by atoms with Crippen molar-refractivity contribution in [3.8, 4) is 0 Å². The Balaban J connectivity index is 2.67. The van der Waals surface area contributed by atoms with Gasteiger partial charge < -0.3 is 15.2 Å². The van der Waals surface area contributed by atoms with Crippen LogP contribution >= 0.6 is 0 Å². The van der Waals surface area contributed by atoms with E-state index in [-0.39, 0.29) is 24.9 Å². The Hall–Kier alpha value is -2.05. The summed E-state index contributed by atoms with van der Waals surface area (Å²) in [6.45, 7) is 0. The fourth-order valence-electron chi connectivity index (χ4n) is 1.45. The van der Waals surface area contributed by atoms with E-state index < -0.39 is 23.6 Å². The van der Waals surface area contributed by atoms with E-state index in [1.807, 2.05) is 0 Å². The lowest BCUT2D eigenvalue weighted by molar-refractivity contribution is -0.305. The average Bonchev–Trinajstić information content (AvgIpc) is 2.27. The molecular weight excluding hydrogens is 263 g/mol. The number of benzene rings is 1. The third-order valence-corrected chi connectivity index (χ3v) is 2.29. The summed E-state index contributed by atoms with van der Waals surface area (Å²) in [7, 11) is 0. The van der Waals surface area contributed by atoms with Crippen LogP contribution in [0.2, 0.25) is 0 Å². The lowest BCUT2D eigenvalue weighted by Crippen LogP contribution is -2.22. The van der Waals surface area contributed by atoms with Crippen molar-refractivity contribution >= 4 is 17.6 Å². The molecule has 0 unspecified atom stereocenters. The maximum absolute atomic E-state index is 12.6. The van der Waals surface area contributed by atoms with Crippen LogP contribution in [0.3, 0.4) is 0 Å². The van der Waals surface area contributed by atoms with E-state index in [0.29, 0.717) is 0 Å². The highest BCUT2D eigenvalue weighted by atomic mass is 19.4. The molecule has 104 valence electrons. The lowest BCUT2D eigenvalue weighted by Gasteiger charge is -2.13. The van der Waals surface area contributed by atoms with E-state index in [2.05, 4.69) is 5.32 Å². The molecule has 1 aromatic carbocycles. The number of hydrogen-bond donors (Lipinski definition) is 1. The highest BCUT2D eigenvalue weighted by Gasteiger charge is 2.33. The normalized spacial score (nSPS) is 11.1. The van der Waals surface area contributed by atoms with E-state index in [1.165, 1.54) is 12.1 Å². The summed E-state index contributed by atoms with van der Waals surface area (Å²) in [5.74, 6) is -1.97. The predicted molar refractivity (Wildman–Crippen MR) is 58.9 cm³/mol. The first-order valence-electron chi connectivity index (χ1n) is 5.46. The van der Waals surface area contributed by atoms with Gasteiger partial charge >= 0.3 is 6.18 Å². The predicted octanol–water partition coefficient (Wildman–Crippen LogP) is 1.56. The molecule has 0 spiro atoms. The van der Waals surface area contributed by atoms with Crippen LogP contribution in [0.4, 0.5) is 18.9 Å². The maximum Gasteiger partial charge on any atom is 0.418 e. The fourth-order valence-corrected chi connectivity index (χ4v) is 1.45. The van der Waals surface area contributed by atoms with Crippen LogP contribution in [-0.4, -0.2) is 11.9 Å². The van der Waals surface area contributed by atoms with Gasteiger partial charge in [0.2, 0.25) is 5.91 Å². The largest absolute Gasteiger partial charge is 0.550 e. The van der Waals surface area contributed by atoms with E-state index in [1.54, 1.807) is 0 Å². The van der Waals surface area contributed by atoms with E-state index in [4.69, 9.17) is 0 Å². The summed E-state index contributed by atoms with van der Waals surface area (Å²) in [6, 6.07) is 4.58. The van der Waals surface area contributed by atoms with Gasteiger partial charge in [0.1, 0.15) is 0 Å². The van der Waals surface area contributed by atoms with Gasteiger partial charge in [-0.15, -0.1) is 0 Å². The molecule has 1 aromatic rings. The summed E-state index contributed by atoms with van der Waals surface area (Å²) < 4.78 is 37.9. The molecule has 1 rings (SSSR count). The Morgan fingerprint density at radius 1 is 1.16 bits per heavy atom. The zero-order valence-electron chi connectivity index (χ0n) is 9.79. The Labute approximate surface area is 107 Å². The fraction of sp³-hybridized carbons (Fsp3) is 0.333. The van der Waals surface area contributed by atoms with Crippen molar-refractivity contribution in [3.05, 3.63) is 29.8 Å². The number of para-hydroxylation sites is 1. The minimum absolute atomic E-state index is 0.0162. The van der Waals surface area contributed by atoms with Crippen LogP contribution < -0.4 is 10.4 Å².